The number of aryl methyl sites for hydroxylation is 1. The van der Waals surface area contributed by atoms with Crippen molar-refractivity contribution in [1.82, 2.24) is 9.80 Å². The lowest BCUT2D eigenvalue weighted by Gasteiger charge is -2.50. The summed E-state index contributed by atoms with van der Waals surface area (Å²) in [4.78, 5) is 16.8. The lowest BCUT2D eigenvalue weighted by molar-refractivity contribution is -0.150. The predicted molar refractivity (Wildman–Crippen MR) is 103 cm³/mol. The Hall–Kier alpha value is -1.53. The van der Waals surface area contributed by atoms with E-state index in [9.17, 15) is 18.7 Å². The lowest BCUT2D eigenvalue weighted by Crippen LogP contribution is -2.61. The summed E-state index contributed by atoms with van der Waals surface area (Å²) in [5.41, 5.74) is -0.0918. The quantitative estimate of drug-likeness (QED) is 0.859. The van der Waals surface area contributed by atoms with Gasteiger partial charge in [-0.1, -0.05) is 25.0 Å². The summed E-state index contributed by atoms with van der Waals surface area (Å²) in [7, 11) is 0. The minimum absolute atomic E-state index is 0.0429. The van der Waals surface area contributed by atoms with Gasteiger partial charge in [-0.3, -0.25) is 9.69 Å². The minimum Gasteiger partial charge on any atom is -0.389 e. The molecule has 0 radical (unpaired) electrons. The number of nitrogens with zero attached hydrogens (tertiary/aromatic N) is 2. The number of likely N-dealkylation sites (tertiary alicyclic amines) is 2. The van der Waals surface area contributed by atoms with Crippen molar-refractivity contribution in [2.45, 2.75) is 57.6 Å². The van der Waals surface area contributed by atoms with E-state index in [2.05, 4.69) is 4.90 Å². The van der Waals surface area contributed by atoms with E-state index in [0.717, 1.165) is 25.7 Å². The molecule has 1 aromatic rings. The van der Waals surface area contributed by atoms with Gasteiger partial charge in [0.1, 0.15) is 0 Å². The van der Waals surface area contributed by atoms with Crippen LogP contribution in [0.15, 0.2) is 12.1 Å². The molecule has 154 valence electrons. The Morgan fingerprint density at radius 3 is 2.61 bits per heavy atom. The van der Waals surface area contributed by atoms with Crippen LogP contribution in [-0.4, -0.2) is 52.6 Å². The number of amides is 1. The highest BCUT2D eigenvalue weighted by molar-refractivity contribution is 5.79. The van der Waals surface area contributed by atoms with Crippen molar-refractivity contribution in [3.8, 4) is 0 Å². The van der Waals surface area contributed by atoms with Gasteiger partial charge in [-0.15, -0.1) is 0 Å². The van der Waals surface area contributed by atoms with Crippen LogP contribution in [-0.2, 0) is 11.3 Å². The molecule has 0 unspecified atom stereocenters. The third kappa shape index (κ3) is 3.69. The molecule has 1 amide bonds. The summed E-state index contributed by atoms with van der Waals surface area (Å²) in [6.45, 7) is 4.32. The standard InChI is InChI=1S/C22H30F2N2O2/c1-15-6-7-17(20(24)19(15)23)12-25-10-8-22(28)9-11-26(14-18(22)13-25)21(27)16-4-2-3-5-16/h6-7,16,18,28H,2-5,8-14H2,1H3/t18-,22-/m1/s1. The monoisotopic (exact) mass is 392 g/mol. The van der Waals surface area contributed by atoms with E-state index in [4.69, 9.17) is 0 Å². The summed E-state index contributed by atoms with van der Waals surface area (Å²) in [6, 6.07) is 3.25. The summed E-state index contributed by atoms with van der Waals surface area (Å²) in [5.74, 6) is -1.21. The Morgan fingerprint density at radius 1 is 1.14 bits per heavy atom. The van der Waals surface area contributed by atoms with E-state index in [1.54, 1.807) is 19.1 Å². The molecule has 3 aliphatic rings. The largest absolute Gasteiger partial charge is 0.389 e. The molecule has 1 N–H and O–H groups in total. The van der Waals surface area contributed by atoms with Crippen molar-refractivity contribution in [3.05, 3.63) is 34.9 Å². The van der Waals surface area contributed by atoms with Crippen molar-refractivity contribution in [2.24, 2.45) is 11.8 Å². The van der Waals surface area contributed by atoms with Gasteiger partial charge in [0.15, 0.2) is 11.6 Å². The van der Waals surface area contributed by atoms with Crippen LogP contribution in [0.25, 0.3) is 0 Å². The molecular weight excluding hydrogens is 362 g/mol. The molecule has 4 rings (SSSR count). The molecule has 2 atom stereocenters. The predicted octanol–water partition coefficient (Wildman–Crippen LogP) is 3.25. The Morgan fingerprint density at radius 2 is 1.86 bits per heavy atom. The summed E-state index contributed by atoms with van der Waals surface area (Å²) >= 11 is 0. The minimum atomic E-state index is -0.781. The topological polar surface area (TPSA) is 43.8 Å². The van der Waals surface area contributed by atoms with Crippen LogP contribution < -0.4 is 0 Å². The number of halogens is 2. The van der Waals surface area contributed by atoms with Gasteiger partial charge in [0.05, 0.1) is 5.60 Å². The zero-order valence-corrected chi connectivity index (χ0v) is 16.6. The third-order valence-corrected chi connectivity index (χ3v) is 7.12. The maximum atomic E-state index is 14.3. The van der Waals surface area contributed by atoms with E-state index < -0.39 is 17.2 Å². The molecule has 0 spiro atoms. The number of hydrogen-bond acceptors (Lipinski definition) is 3. The van der Waals surface area contributed by atoms with Crippen LogP contribution >= 0.6 is 0 Å². The van der Waals surface area contributed by atoms with E-state index in [1.807, 2.05) is 4.90 Å². The molecule has 4 nitrogen and oxygen atoms in total. The highest BCUT2D eigenvalue weighted by Crippen LogP contribution is 2.37. The van der Waals surface area contributed by atoms with Gasteiger partial charge in [-0.05, 0) is 38.2 Å². The summed E-state index contributed by atoms with van der Waals surface area (Å²) < 4.78 is 28.1. The second kappa shape index (κ2) is 7.71. The first-order valence-electron chi connectivity index (χ1n) is 10.5. The van der Waals surface area contributed by atoms with E-state index in [0.29, 0.717) is 56.7 Å². The van der Waals surface area contributed by atoms with Crippen LogP contribution in [0, 0.1) is 30.4 Å². The Bertz CT molecular complexity index is 750. The zero-order valence-electron chi connectivity index (χ0n) is 16.6. The second-order valence-corrected chi connectivity index (χ2v) is 8.97. The van der Waals surface area contributed by atoms with Crippen molar-refractivity contribution in [1.29, 1.82) is 0 Å². The number of carbonyl (C=O) groups is 1. The molecule has 28 heavy (non-hydrogen) atoms. The number of hydrogen-bond donors (Lipinski definition) is 1. The van der Waals surface area contributed by atoms with Crippen LogP contribution in [0.2, 0.25) is 0 Å². The van der Waals surface area contributed by atoms with Crippen LogP contribution in [0.3, 0.4) is 0 Å². The van der Waals surface area contributed by atoms with Crippen molar-refractivity contribution in [2.75, 3.05) is 26.2 Å². The molecule has 2 aliphatic heterocycles. The van der Waals surface area contributed by atoms with E-state index in [-0.39, 0.29) is 17.7 Å². The molecule has 2 saturated heterocycles. The molecule has 3 fully saturated rings. The fourth-order valence-electron chi connectivity index (χ4n) is 5.20. The van der Waals surface area contributed by atoms with Gasteiger partial charge in [-0.25, -0.2) is 8.78 Å². The van der Waals surface area contributed by atoms with Crippen LogP contribution in [0.1, 0.15) is 49.7 Å². The summed E-state index contributed by atoms with van der Waals surface area (Å²) in [5, 5.41) is 11.1. The summed E-state index contributed by atoms with van der Waals surface area (Å²) in [6.07, 6.45) is 5.44. The number of aliphatic hydroxyl groups is 1. The van der Waals surface area contributed by atoms with Gasteiger partial charge in [0.2, 0.25) is 5.91 Å². The van der Waals surface area contributed by atoms with Gasteiger partial charge >= 0.3 is 0 Å². The Balaban J connectivity index is 1.43. The van der Waals surface area contributed by atoms with Gasteiger partial charge in [0.25, 0.3) is 0 Å². The van der Waals surface area contributed by atoms with Gasteiger partial charge in [0, 0.05) is 50.1 Å². The van der Waals surface area contributed by atoms with Crippen LogP contribution in [0.4, 0.5) is 8.78 Å². The van der Waals surface area contributed by atoms with E-state index in [1.165, 1.54) is 0 Å². The third-order valence-electron chi connectivity index (χ3n) is 7.12. The maximum absolute atomic E-state index is 14.3. The number of fused-ring (bicyclic) bond motifs is 1. The van der Waals surface area contributed by atoms with Gasteiger partial charge in [-0.2, -0.15) is 0 Å². The van der Waals surface area contributed by atoms with Crippen LogP contribution in [0.5, 0.6) is 0 Å². The highest BCUT2D eigenvalue weighted by atomic mass is 19.2. The number of rotatable bonds is 3. The SMILES string of the molecule is Cc1ccc(CN2CC[C@@]3(O)CCN(C(=O)C4CCCC4)C[C@H]3C2)c(F)c1F. The first-order valence-corrected chi connectivity index (χ1v) is 10.5. The zero-order chi connectivity index (χ0) is 19.9. The first kappa shape index (κ1) is 19.8. The maximum Gasteiger partial charge on any atom is 0.225 e. The molecule has 6 heteroatoms. The fraction of sp³-hybridized carbons (Fsp3) is 0.682. The smallest absolute Gasteiger partial charge is 0.225 e. The normalized spacial score (nSPS) is 29.1. The van der Waals surface area contributed by atoms with Crippen molar-refractivity contribution < 1.29 is 18.7 Å². The molecule has 0 bridgehead atoms. The second-order valence-electron chi connectivity index (χ2n) is 8.97. The highest BCUT2D eigenvalue weighted by Gasteiger charge is 2.46. The molecule has 1 saturated carbocycles. The molecule has 2 heterocycles. The Kier molecular flexibility index (Phi) is 5.45. The van der Waals surface area contributed by atoms with E-state index >= 15 is 0 Å². The number of carbonyl (C=O) groups excluding carboxylic acids is 1. The van der Waals surface area contributed by atoms with Crippen molar-refractivity contribution >= 4 is 5.91 Å². The average molecular weight is 392 g/mol. The number of piperidine rings is 2. The number of benzene rings is 1. The molecule has 1 aromatic carbocycles. The lowest BCUT2D eigenvalue weighted by atomic mass is 9.75. The fourth-order valence-corrected chi connectivity index (χ4v) is 5.20. The Labute approximate surface area is 165 Å². The average Bonchev–Trinajstić information content (AvgIpc) is 3.22. The first-order chi connectivity index (χ1) is 13.4. The van der Waals surface area contributed by atoms with Gasteiger partial charge < -0.3 is 10.0 Å². The molecular formula is C22H30F2N2O2. The van der Waals surface area contributed by atoms with Crippen molar-refractivity contribution in [3.63, 3.8) is 0 Å². The molecule has 1 aliphatic carbocycles. The molecule has 0 aromatic heterocycles.